The number of nitrogens with one attached hydrogen (secondary N) is 1. The van der Waals surface area contributed by atoms with Crippen LogP contribution in [0.15, 0.2) is 115 Å². The molecule has 2 heterocycles. The van der Waals surface area contributed by atoms with Gasteiger partial charge in [-0.25, -0.2) is 0 Å². The molecule has 5 aromatic carbocycles. The summed E-state index contributed by atoms with van der Waals surface area (Å²) in [5.74, 6) is 0. The van der Waals surface area contributed by atoms with Crippen LogP contribution in [0.4, 0.5) is 5.69 Å². The molecule has 3 heteroatoms. The number of benzene rings is 5. The Labute approximate surface area is 226 Å². The highest BCUT2D eigenvalue weighted by Crippen LogP contribution is 2.42. The van der Waals surface area contributed by atoms with Crippen LogP contribution < -0.4 is 5.32 Å². The standard InChI is InChI=1S/C35H28N2S/c1-3-4-5-8-19-36-31-16-10-15-28-29-21-30-27-18-17-24(26-14-9-12-23-11-6-7-13-25(23)26)20-33(27)38-34(30)22-32(29)37(2)35(28)31/h4-22,36H,3H2,1-2H3/b5-4-,19-8-. The Morgan fingerprint density at radius 2 is 1.55 bits per heavy atom. The van der Waals surface area contributed by atoms with Crippen molar-refractivity contribution in [1.29, 1.82) is 0 Å². The molecule has 0 unspecified atom stereocenters. The number of rotatable bonds is 5. The van der Waals surface area contributed by atoms with Crippen LogP contribution in [0.5, 0.6) is 0 Å². The Bertz CT molecular complexity index is 2050. The molecule has 0 radical (unpaired) electrons. The molecule has 0 amide bonds. The number of anilines is 1. The normalized spacial score (nSPS) is 12.4. The second-order valence-electron chi connectivity index (χ2n) is 9.81. The summed E-state index contributed by atoms with van der Waals surface area (Å²) in [7, 11) is 2.17. The van der Waals surface area contributed by atoms with Crippen LogP contribution in [0, 0.1) is 0 Å². The molecule has 0 bridgehead atoms. The number of hydrogen-bond acceptors (Lipinski definition) is 2. The molecular formula is C35H28N2S. The third kappa shape index (κ3) is 3.62. The maximum Gasteiger partial charge on any atom is 0.0727 e. The van der Waals surface area contributed by atoms with Crippen molar-refractivity contribution in [1.82, 2.24) is 4.57 Å². The van der Waals surface area contributed by atoms with E-state index in [1.165, 1.54) is 63.9 Å². The molecule has 184 valence electrons. The first-order valence-electron chi connectivity index (χ1n) is 13.2. The number of nitrogens with zero attached hydrogens (tertiary/aromatic N) is 1. The van der Waals surface area contributed by atoms with Gasteiger partial charge in [-0.2, -0.15) is 0 Å². The van der Waals surface area contributed by atoms with Crippen molar-refractivity contribution in [2.45, 2.75) is 13.3 Å². The summed E-state index contributed by atoms with van der Waals surface area (Å²) in [5, 5.41) is 11.3. The number of aromatic nitrogens is 1. The minimum Gasteiger partial charge on any atom is -0.360 e. The number of hydrogen-bond donors (Lipinski definition) is 1. The van der Waals surface area contributed by atoms with E-state index in [1.54, 1.807) is 0 Å². The van der Waals surface area contributed by atoms with Crippen molar-refractivity contribution in [3.63, 3.8) is 0 Å². The minimum absolute atomic E-state index is 1.04. The minimum atomic E-state index is 1.04. The number of para-hydroxylation sites is 1. The van der Waals surface area contributed by atoms with Crippen LogP contribution in [-0.4, -0.2) is 4.57 Å². The highest BCUT2D eigenvalue weighted by Gasteiger charge is 2.15. The van der Waals surface area contributed by atoms with Crippen LogP contribution in [0.1, 0.15) is 13.3 Å². The van der Waals surface area contributed by atoms with Gasteiger partial charge in [-0.1, -0.05) is 85.8 Å². The molecular weight excluding hydrogens is 480 g/mol. The topological polar surface area (TPSA) is 17.0 Å². The number of fused-ring (bicyclic) bond motifs is 7. The monoisotopic (exact) mass is 508 g/mol. The van der Waals surface area contributed by atoms with E-state index in [2.05, 4.69) is 133 Å². The summed E-state index contributed by atoms with van der Waals surface area (Å²) in [6.07, 6.45) is 9.34. The maximum absolute atomic E-state index is 3.50. The first kappa shape index (κ1) is 22.8. The molecule has 7 aromatic rings. The van der Waals surface area contributed by atoms with Gasteiger partial charge in [-0.3, -0.25) is 0 Å². The first-order chi connectivity index (χ1) is 18.7. The van der Waals surface area contributed by atoms with Gasteiger partial charge in [-0.05, 0) is 58.7 Å². The zero-order chi connectivity index (χ0) is 25.6. The molecule has 1 N–H and O–H groups in total. The number of aryl methyl sites for hydroxylation is 1. The van der Waals surface area contributed by atoms with Gasteiger partial charge in [0.05, 0.1) is 16.7 Å². The second-order valence-corrected chi connectivity index (χ2v) is 10.9. The lowest BCUT2D eigenvalue weighted by molar-refractivity contribution is 1.02. The molecule has 7 rings (SSSR count). The number of thiophene rings is 1. The third-order valence-corrected chi connectivity index (χ3v) is 8.65. The van der Waals surface area contributed by atoms with Crippen molar-refractivity contribution in [3.8, 4) is 11.1 Å². The lowest BCUT2D eigenvalue weighted by atomic mass is 9.97. The van der Waals surface area contributed by atoms with Gasteiger partial charge in [0, 0.05) is 44.2 Å². The van der Waals surface area contributed by atoms with Crippen molar-refractivity contribution < 1.29 is 0 Å². The van der Waals surface area contributed by atoms with Gasteiger partial charge >= 0.3 is 0 Å². The van der Waals surface area contributed by atoms with Gasteiger partial charge in [0.2, 0.25) is 0 Å². The van der Waals surface area contributed by atoms with E-state index >= 15 is 0 Å². The Morgan fingerprint density at radius 3 is 2.47 bits per heavy atom. The van der Waals surface area contributed by atoms with Gasteiger partial charge < -0.3 is 9.88 Å². The van der Waals surface area contributed by atoms with Crippen LogP contribution in [-0.2, 0) is 7.05 Å². The van der Waals surface area contributed by atoms with Gasteiger partial charge in [0.25, 0.3) is 0 Å². The highest BCUT2D eigenvalue weighted by molar-refractivity contribution is 7.25. The predicted molar refractivity (Wildman–Crippen MR) is 168 cm³/mol. The fraction of sp³-hybridized carbons (Fsp3) is 0.0857. The molecule has 0 aliphatic heterocycles. The molecule has 0 fully saturated rings. The van der Waals surface area contributed by atoms with E-state index in [-0.39, 0.29) is 0 Å². The van der Waals surface area contributed by atoms with Crippen molar-refractivity contribution >= 4 is 69.8 Å². The van der Waals surface area contributed by atoms with Crippen molar-refractivity contribution in [2.75, 3.05) is 5.32 Å². The molecule has 2 nitrogen and oxygen atoms in total. The van der Waals surface area contributed by atoms with E-state index in [4.69, 9.17) is 0 Å². The Hall–Kier alpha value is -4.34. The summed E-state index contributed by atoms with van der Waals surface area (Å²) in [6.45, 7) is 2.14. The van der Waals surface area contributed by atoms with E-state index in [9.17, 15) is 0 Å². The first-order valence-corrected chi connectivity index (χ1v) is 14.0. The fourth-order valence-electron chi connectivity index (χ4n) is 5.72. The third-order valence-electron chi connectivity index (χ3n) is 7.53. The van der Waals surface area contributed by atoms with Gasteiger partial charge in [0.15, 0.2) is 0 Å². The second kappa shape index (κ2) is 9.20. The molecule has 0 aliphatic rings. The number of allylic oxidation sites excluding steroid dienone is 3. The Balaban J connectivity index is 1.37. The summed E-state index contributed by atoms with van der Waals surface area (Å²) in [4.78, 5) is 0. The zero-order valence-electron chi connectivity index (χ0n) is 21.5. The molecule has 38 heavy (non-hydrogen) atoms. The molecule has 0 atom stereocenters. The van der Waals surface area contributed by atoms with Gasteiger partial charge in [0.1, 0.15) is 0 Å². The lowest BCUT2D eigenvalue weighted by Crippen LogP contribution is -1.93. The Kier molecular flexibility index (Phi) is 5.52. The summed E-state index contributed by atoms with van der Waals surface area (Å²) in [5.41, 5.74) is 6.17. The summed E-state index contributed by atoms with van der Waals surface area (Å²) in [6, 6.07) is 33.5. The highest BCUT2D eigenvalue weighted by atomic mass is 32.1. The quantitative estimate of drug-likeness (QED) is 0.229. The van der Waals surface area contributed by atoms with Gasteiger partial charge in [-0.15, -0.1) is 11.3 Å². The van der Waals surface area contributed by atoms with Crippen LogP contribution in [0.2, 0.25) is 0 Å². The van der Waals surface area contributed by atoms with Crippen molar-refractivity contribution in [2.24, 2.45) is 7.05 Å². The maximum atomic E-state index is 3.50. The van der Waals surface area contributed by atoms with Crippen LogP contribution in [0.3, 0.4) is 0 Å². The summed E-state index contributed by atoms with van der Waals surface area (Å²) < 4.78 is 4.99. The SMILES string of the molecule is CC/C=C\C=C/Nc1cccc2c3cc4c(cc3n(C)c12)sc1cc(-c2cccc3ccccc23)ccc14. The average molecular weight is 509 g/mol. The molecule has 2 aromatic heterocycles. The summed E-state index contributed by atoms with van der Waals surface area (Å²) >= 11 is 1.89. The zero-order valence-corrected chi connectivity index (χ0v) is 22.3. The van der Waals surface area contributed by atoms with Crippen molar-refractivity contribution in [3.05, 3.63) is 115 Å². The van der Waals surface area contributed by atoms with Crippen LogP contribution in [0.25, 0.3) is 63.9 Å². The smallest absolute Gasteiger partial charge is 0.0727 e. The average Bonchev–Trinajstić information content (AvgIpc) is 3.45. The van der Waals surface area contributed by atoms with E-state index in [0.29, 0.717) is 0 Å². The fourth-order valence-corrected chi connectivity index (χ4v) is 6.88. The predicted octanol–water partition coefficient (Wildman–Crippen LogP) is 10.4. The largest absolute Gasteiger partial charge is 0.360 e. The van der Waals surface area contributed by atoms with E-state index in [0.717, 1.165) is 12.1 Å². The molecule has 0 saturated heterocycles. The molecule has 0 spiro atoms. The van der Waals surface area contributed by atoms with E-state index < -0.39 is 0 Å². The van der Waals surface area contributed by atoms with E-state index in [1.807, 2.05) is 17.5 Å². The molecule has 0 aliphatic carbocycles. The van der Waals surface area contributed by atoms with Crippen LogP contribution >= 0.6 is 11.3 Å². The molecule has 0 saturated carbocycles. The lowest BCUT2D eigenvalue weighted by Gasteiger charge is -2.07. The Morgan fingerprint density at radius 1 is 0.737 bits per heavy atom.